The number of ether oxygens (including phenoxy) is 1. The van der Waals surface area contributed by atoms with E-state index in [0.717, 1.165) is 16.8 Å². The van der Waals surface area contributed by atoms with Gasteiger partial charge in [0.25, 0.3) is 5.91 Å². The van der Waals surface area contributed by atoms with Gasteiger partial charge in [-0.15, -0.1) is 0 Å². The van der Waals surface area contributed by atoms with Crippen LogP contribution in [0.2, 0.25) is 0 Å². The van der Waals surface area contributed by atoms with Gasteiger partial charge in [-0.2, -0.15) is 10.2 Å². The molecule has 2 aromatic carbocycles. The van der Waals surface area contributed by atoms with Crippen LogP contribution in [0.3, 0.4) is 0 Å². The van der Waals surface area contributed by atoms with Crippen molar-refractivity contribution in [2.45, 2.75) is 13.0 Å². The standard InChI is InChI=1S/C25H23FN8O2/c1-14-21(12-28-33-14)31-25-27-10-17-5-4-16(9-20(17)30-25)24(35)32-23(18-11-29-34(2)13-18)15-6-7-22(36-3)19(26)8-15/h4-13,23H,1-3H3,(H,28,33)(H,32,35)(H,27,30,31)/t23-/m0/s1. The van der Waals surface area contributed by atoms with Crippen LogP contribution in [0.15, 0.2) is 61.2 Å². The van der Waals surface area contributed by atoms with Crippen molar-refractivity contribution in [1.82, 2.24) is 35.3 Å². The normalized spacial score (nSPS) is 11.9. The summed E-state index contributed by atoms with van der Waals surface area (Å²) in [5.74, 6) is -0.361. The van der Waals surface area contributed by atoms with Crippen LogP contribution in [0.1, 0.15) is 33.2 Å². The Kier molecular flexibility index (Phi) is 6.03. The number of carbonyl (C=O) groups is 1. The monoisotopic (exact) mass is 486 g/mol. The number of halogens is 1. The van der Waals surface area contributed by atoms with Gasteiger partial charge in [0.2, 0.25) is 5.95 Å². The zero-order chi connectivity index (χ0) is 25.2. The first-order chi connectivity index (χ1) is 17.4. The molecule has 0 aliphatic rings. The maximum Gasteiger partial charge on any atom is 0.252 e. The molecule has 0 bridgehead atoms. The van der Waals surface area contributed by atoms with E-state index < -0.39 is 11.9 Å². The first-order valence-corrected chi connectivity index (χ1v) is 11.1. The Bertz CT molecular complexity index is 1560. The Balaban J connectivity index is 1.44. The summed E-state index contributed by atoms with van der Waals surface area (Å²) in [7, 11) is 3.18. The number of aromatic nitrogens is 6. The number of aromatic amines is 1. The molecule has 5 rings (SSSR count). The summed E-state index contributed by atoms with van der Waals surface area (Å²) < 4.78 is 21.1. The lowest BCUT2D eigenvalue weighted by molar-refractivity contribution is 0.0943. The molecule has 0 saturated heterocycles. The van der Waals surface area contributed by atoms with Gasteiger partial charge in [0, 0.05) is 36.0 Å². The zero-order valence-electron chi connectivity index (χ0n) is 19.8. The summed E-state index contributed by atoms with van der Waals surface area (Å²) in [6.07, 6.45) is 6.74. The van der Waals surface area contributed by atoms with E-state index in [-0.39, 0.29) is 11.7 Å². The summed E-state index contributed by atoms with van der Waals surface area (Å²) in [6.45, 7) is 1.88. The Hall–Kier alpha value is -4.80. The molecule has 0 radical (unpaired) electrons. The number of methoxy groups -OCH3 is 1. The molecule has 0 fully saturated rings. The zero-order valence-corrected chi connectivity index (χ0v) is 19.8. The Morgan fingerprint density at radius 1 is 1.14 bits per heavy atom. The van der Waals surface area contributed by atoms with E-state index in [9.17, 15) is 9.18 Å². The van der Waals surface area contributed by atoms with Crippen molar-refractivity contribution in [3.05, 3.63) is 89.4 Å². The lowest BCUT2D eigenvalue weighted by Crippen LogP contribution is -2.29. The number of aryl methyl sites for hydroxylation is 2. The molecule has 1 atom stereocenters. The summed E-state index contributed by atoms with van der Waals surface area (Å²) in [6, 6.07) is 9.13. The minimum atomic E-state index is -0.631. The van der Waals surface area contributed by atoms with Crippen molar-refractivity contribution in [1.29, 1.82) is 0 Å². The Morgan fingerprint density at radius 3 is 2.69 bits per heavy atom. The third-order valence-electron chi connectivity index (χ3n) is 5.76. The number of hydrogen-bond acceptors (Lipinski definition) is 7. The van der Waals surface area contributed by atoms with Gasteiger partial charge in [-0.3, -0.25) is 14.6 Å². The second kappa shape index (κ2) is 9.45. The molecule has 182 valence electrons. The van der Waals surface area contributed by atoms with Crippen LogP contribution in [0.4, 0.5) is 16.0 Å². The van der Waals surface area contributed by atoms with Crippen LogP contribution in [-0.2, 0) is 7.05 Å². The minimum absolute atomic E-state index is 0.124. The predicted molar refractivity (Wildman–Crippen MR) is 132 cm³/mol. The lowest BCUT2D eigenvalue weighted by Gasteiger charge is -2.19. The molecule has 0 aliphatic heterocycles. The molecule has 5 aromatic rings. The van der Waals surface area contributed by atoms with Crippen molar-refractivity contribution < 1.29 is 13.9 Å². The molecular weight excluding hydrogens is 463 g/mol. The van der Waals surface area contributed by atoms with Crippen LogP contribution >= 0.6 is 0 Å². The summed E-state index contributed by atoms with van der Waals surface area (Å²) in [5, 5.41) is 17.9. The molecule has 0 spiro atoms. The van der Waals surface area contributed by atoms with Crippen molar-refractivity contribution in [2.24, 2.45) is 7.05 Å². The maximum absolute atomic E-state index is 14.5. The van der Waals surface area contributed by atoms with Gasteiger partial charge >= 0.3 is 0 Å². The predicted octanol–water partition coefficient (Wildman–Crippen LogP) is 3.81. The molecule has 10 nitrogen and oxygen atoms in total. The molecule has 0 saturated carbocycles. The highest BCUT2D eigenvalue weighted by atomic mass is 19.1. The number of hydrogen-bond donors (Lipinski definition) is 3. The lowest BCUT2D eigenvalue weighted by atomic mass is 10.0. The van der Waals surface area contributed by atoms with Crippen molar-refractivity contribution in [2.75, 3.05) is 12.4 Å². The molecule has 3 N–H and O–H groups in total. The number of fused-ring (bicyclic) bond motifs is 1. The summed E-state index contributed by atoms with van der Waals surface area (Å²) in [4.78, 5) is 22.2. The van der Waals surface area contributed by atoms with Crippen molar-refractivity contribution >= 4 is 28.4 Å². The number of nitrogens with zero attached hydrogens (tertiary/aromatic N) is 5. The van der Waals surface area contributed by atoms with Crippen molar-refractivity contribution in [3.63, 3.8) is 0 Å². The van der Waals surface area contributed by atoms with E-state index in [1.54, 1.807) is 60.8 Å². The summed E-state index contributed by atoms with van der Waals surface area (Å²) in [5.41, 5.74) is 3.86. The van der Waals surface area contributed by atoms with Gasteiger partial charge in [0.15, 0.2) is 11.6 Å². The molecule has 11 heteroatoms. The maximum atomic E-state index is 14.5. The van der Waals surface area contributed by atoms with E-state index in [2.05, 4.69) is 35.9 Å². The van der Waals surface area contributed by atoms with Crippen LogP contribution < -0.4 is 15.4 Å². The number of nitrogens with one attached hydrogen (secondary N) is 3. The van der Waals surface area contributed by atoms with Crippen LogP contribution in [0.5, 0.6) is 5.75 Å². The van der Waals surface area contributed by atoms with Gasteiger partial charge in [0.05, 0.1) is 42.4 Å². The first-order valence-electron chi connectivity index (χ1n) is 11.1. The Morgan fingerprint density at radius 2 is 2.00 bits per heavy atom. The molecule has 0 aliphatic carbocycles. The highest BCUT2D eigenvalue weighted by Gasteiger charge is 2.21. The largest absolute Gasteiger partial charge is 0.494 e. The van der Waals surface area contributed by atoms with Gasteiger partial charge < -0.3 is 15.4 Å². The minimum Gasteiger partial charge on any atom is -0.494 e. The summed E-state index contributed by atoms with van der Waals surface area (Å²) >= 11 is 0. The molecule has 0 unspecified atom stereocenters. The van der Waals surface area contributed by atoms with E-state index in [0.29, 0.717) is 28.2 Å². The molecule has 3 aromatic heterocycles. The smallest absolute Gasteiger partial charge is 0.252 e. The fraction of sp³-hybridized carbons (Fsp3) is 0.160. The van der Waals surface area contributed by atoms with E-state index in [4.69, 9.17) is 4.74 Å². The number of H-pyrrole nitrogens is 1. The molecule has 1 amide bonds. The second-order valence-electron chi connectivity index (χ2n) is 8.25. The van der Waals surface area contributed by atoms with Crippen LogP contribution in [0.25, 0.3) is 10.9 Å². The highest BCUT2D eigenvalue weighted by Crippen LogP contribution is 2.27. The SMILES string of the molecule is COc1ccc([C@H](NC(=O)c2ccc3cnc(Nc4cn[nH]c4C)nc3c2)c2cnn(C)c2)cc1F. The van der Waals surface area contributed by atoms with Gasteiger partial charge in [-0.1, -0.05) is 12.1 Å². The van der Waals surface area contributed by atoms with Crippen LogP contribution in [-0.4, -0.2) is 43.0 Å². The van der Waals surface area contributed by atoms with Crippen molar-refractivity contribution in [3.8, 4) is 5.75 Å². The second-order valence-corrected chi connectivity index (χ2v) is 8.25. The number of benzene rings is 2. The molecule has 36 heavy (non-hydrogen) atoms. The number of amides is 1. The van der Waals surface area contributed by atoms with Gasteiger partial charge in [-0.05, 0) is 36.8 Å². The van der Waals surface area contributed by atoms with E-state index in [1.807, 2.05) is 6.92 Å². The average Bonchev–Trinajstić information content (AvgIpc) is 3.49. The quantitative estimate of drug-likeness (QED) is 0.320. The third kappa shape index (κ3) is 4.58. The number of carbonyl (C=O) groups excluding carboxylic acids is 1. The number of anilines is 2. The van der Waals surface area contributed by atoms with E-state index in [1.165, 1.54) is 19.2 Å². The van der Waals surface area contributed by atoms with Gasteiger partial charge in [0.1, 0.15) is 0 Å². The van der Waals surface area contributed by atoms with Crippen LogP contribution in [0, 0.1) is 12.7 Å². The third-order valence-corrected chi connectivity index (χ3v) is 5.76. The fourth-order valence-electron chi connectivity index (χ4n) is 3.85. The highest BCUT2D eigenvalue weighted by molar-refractivity contribution is 5.98. The topological polar surface area (TPSA) is 123 Å². The molecule has 3 heterocycles. The van der Waals surface area contributed by atoms with E-state index >= 15 is 0 Å². The van der Waals surface area contributed by atoms with Gasteiger partial charge in [-0.25, -0.2) is 14.4 Å². The fourth-order valence-corrected chi connectivity index (χ4v) is 3.85. The Labute approximate surface area is 205 Å². The molecular formula is C25H23FN8O2. The first kappa shape index (κ1) is 23.0. The average molecular weight is 487 g/mol. The number of rotatable bonds is 7.